The van der Waals surface area contributed by atoms with Crippen molar-refractivity contribution < 1.29 is 17.6 Å². The molecule has 0 bridgehead atoms. The van der Waals surface area contributed by atoms with Crippen LogP contribution in [-0.2, 0) is 21.1 Å². The van der Waals surface area contributed by atoms with E-state index < -0.39 is 15.9 Å². The summed E-state index contributed by atoms with van der Waals surface area (Å²) >= 11 is 0. The normalized spacial score (nSPS) is 19.6. The number of carbonyl (C=O) groups is 1. The SMILES string of the molecule is O=C(CCc1nc2ccc(F)cc2[nH]1)NC1C=CS(=O)(=O)C1. The number of hydrogen-bond acceptors (Lipinski definition) is 4. The van der Waals surface area contributed by atoms with Gasteiger partial charge in [0.25, 0.3) is 0 Å². The third-order valence-electron chi connectivity index (χ3n) is 3.36. The third kappa shape index (κ3) is 3.33. The predicted octanol–water partition coefficient (Wildman–Crippen LogP) is 1.06. The van der Waals surface area contributed by atoms with Crippen molar-refractivity contribution in [3.63, 3.8) is 0 Å². The number of aromatic nitrogens is 2. The predicted molar refractivity (Wildman–Crippen MR) is 79.2 cm³/mol. The van der Waals surface area contributed by atoms with Gasteiger partial charge >= 0.3 is 0 Å². The first kappa shape index (κ1) is 14.7. The number of H-pyrrole nitrogens is 1. The lowest BCUT2D eigenvalue weighted by molar-refractivity contribution is -0.121. The van der Waals surface area contributed by atoms with E-state index in [0.29, 0.717) is 23.3 Å². The van der Waals surface area contributed by atoms with Crippen LogP contribution in [-0.4, -0.2) is 36.1 Å². The van der Waals surface area contributed by atoms with Crippen LogP contribution in [0.2, 0.25) is 0 Å². The lowest BCUT2D eigenvalue weighted by atomic mass is 10.2. The molecule has 1 atom stereocenters. The Kier molecular flexibility index (Phi) is 3.69. The number of benzene rings is 1. The fraction of sp³-hybridized carbons (Fsp3) is 0.286. The molecule has 0 fully saturated rings. The monoisotopic (exact) mass is 323 g/mol. The van der Waals surface area contributed by atoms with Crippen LogP contribution in [0.15, 0.2) is 29.7 Å². The number of rotatable bonds is 4. The number of imidazole rings is 1. The van der Waals surface area contributed by atoms with Crippen molar-refractivity contribution in [2.45, 2.75) is 18.9 Å². The Morgan fingerprint density at radius 1 is 1.45 bits per heavy atom. The molecule has 1 unspecified atom stereocenters. The number of amides is 1. The van der Waals surface area contributed by atoms with Crippen molar-refractivity contribution in [2.75, 3.05) is 5.75 Å². The first-order valence-electron chi connectivity index (χ1n) is 6.76. The van der Waals surface area contributed by atoms with Crippen LogP contribution in [0.5, 0.6) is 0 Å². The van der Waals surface area contributed by atoms with Crippen LogP contribution in [0, 0.1) is 5.82 Å². The lowest BCUT2D eigenvalue weighted by Crippen LogP contribution is -2.35. The van der Waals surface area contributed by atoms with Crippen molar-refractivity contribution >= 4 is 26.8 Å². The molecule has 1 amide bonds. The summed E-state index contributed by atoms with van der Waals surface area (Å²) in [6, 6.07) is 3.77. The summed E-state index contributed by atoms with van der Waals surface area (Å²) in [7, 11) is -3.18. The van der Waals surface area contributed by atoms with Gasteiger partial charge in [0.15, 0.2) is 9.84 Å². The summed E-state index contributed by atoms with van der Waals surface area (Å²) in [6.45, 7) is 0. The molecule has 0 saturated heterocycles. The van der Waals surface area contributed by atoms with Crippen molar-refractivity contribution in [1.82, 2.24) is 15.3 Å². The topological polar surface area (TPSA) is 91.9 Å². The summed E-state index contributed by atoms with van der Waals surface area (Å²) in [5.74, 6) is -0.110. The van der Waals surface area contributed by atoms with E-state index in [0.717, 1.165) is 5.41 Å². The van der Waals surface area contributed by atoms with Gasteiger partial charge in [-0.1, -0.05) is 0 Å². The Hall–Kier alpha value is -2.22. The first-order valence-corrected chi connectivity index (χ1v) is 8.47. The second kappa shape index (κ2) is 5.53. The number of hydrogen-bond donors (Lipinski definition) is 2. The van der Waals surface area contributed by atoms with E-state index in [4.69, 9.17) is 0 Å². The highest BCUT2D eigenvalue weighted by Gasteiger charge is 2.22. The van der Waals surface area contributed by atoms with Gasteiger partial charge in [-0.15, -0.1) is 0 Å². The molecule has 0 saturated carbocycles. The number of nitrogens with zero attached hydrogens (tertiary/aromatic N) is 1. The van der Waals surface area contributed by atoms with Gasteiger partial charge in [-0.05, 0) is 24.3 Å². The van der Waals surface area contributed by atoms with E-state index in [9.17, 15) is 17.6 Å². The zero-order valence-electron chi connectivity index (χ0n) is 11.5. The molecular formula is C14H14FN3O3S. The van der Waals surface area contributed by atoms with Crippen molar-refractivity contribution in [1.29, 1.82) is 0 Å². The summed E-state index contributed by atoms with van der Waals surface area (Å²) in [5, 5.41) is 3.76. The molecule has 116 valence electrons. The fourth-order valence-corrected chi connectivity index (χ4v) is 3.56. The Morgan fingerprint density at radius 3 is 3.00 bits per heavy atom. The molecule has 0 spiro atoms. The van der Waals surface area contributed by atoms with Crippen molar-refractivity contribution in [2.24, 2.45) is 0 Å². The Bertz CT molecular complexity index is 857. The smallest absolute Gasteiger partial charge is 0.220 e. The maximum Gasteiger partial charge on any atom is 0.220 e. The van der Waals surface area contributed by atoms with E-state index in [2.05, 4.69) is 15.3 Å². The number of carbonyl (C=O) groups excluding carboxylic acids is 1. The van der Waals surface area contributed by atoms with E-state index in [1.807, 2.05) is 0 Å². The van der Waals surface area contributed by atoms with Crippen molar-refractivity contribution in [3.8, 4) is 0 Å². The number of nitrogens with one attached hydrogen (secondary N) is 2. The molecule has 6 nitrogen and oxygen atoms in total. The number of halogens is 1. The second-order valence-electron chi connectivity index (χ2n) is 5.18. The highest BCUT2D eigenvalue weighted by Crippen LogP contribution is 2.14. The van der Waals surface area contributed by atoms with Gasteiger partial charge in [0.2, 0.25) is 5.91 Å². The molecule has 1 aliphatic heterocycles. The van der Waals surface area contributed by atoms with Gasteiger partial charge in [0, 0.05) is 18.2 Å². The van der Waals surface area contributed by atoms with Gasteiger partial charge in [0.1, 0.15) is 11.6 Å². The molecule has 1 aliphatic rings. The zero-order valence-corrected chi connectivity index (χ0v) is 12.4. The largest absolute Gasteiger partial charge is 0.349 e. The number of aryl methyl sites for hydroxylation is 1. The summed E-state index contributed by atoms with van der Waals surface area (Å²) in [6.07, 6.45) is 2.01. The minimum Gasteiger partial charge on any atom is -0.349 e. The molecule has 3 rings (SSSR count). The average Bonchev–Trinajstić information content (AvgIpc) is 2.98. The quantitative estimate of drug-likeness (QED) is 0.880. The van der Waals surface area contributed by atoms with E-state index in [-0.39, 0.29) is 23.9 Å². The van der Waals surface area contributed by atoms with E-state index in [1.54, 1.807) is 6.07 Å². The first-order chi connectivity index (χ1) is 10.4. The highest BCUT2D eigenvalue weighted by molar-refractivity contribution is 7.94. The molecule has 2 heterocycles. The number of aromatic amines is 1. The Balaban J connectivity index is 1.57. The summed E-state index contributed by atoms with van der Waals surface area (Å²) in [5.41, 5.74) is 1.22. The number of fused-ring (bicyclic) bond motifs is 1. The molecule has 2 aromatic rings. The molecule has 2 N–H and O–H groups in total. The standard InChI is InChI=1S/C14H14FN3O3S/c15-9-1-2-11-12(7-9)18-13(17-11)3-4-14(19)16-10-5-6-22(20,21)8-10/h1-2,5-7,10H,3-4,8H2,(H,16,19)(H,17,18). The molecule has 0 radical (unpaired) electrons. The molecule has 8 heteroatoms. The number of sulfone groups is 1. The molecule has 22 heavy (non-hydrogen) atoms. The van der Waals surface area contributed by atoms with Crippen LogP contribution in [0.4, 0.5) is 4.39 Å². The Morgan fingerprint density at radius 2 is 2.27 bits per heavy atom. The zero-order chi connectivity index (χ0) is 15.7. The maximum atomic E-state index is 13.1. The molecular weight excluding hydrogens is 309 g/mol. The van der Waals surface area contributed by atoms with Gasteiger partial charge in [0.05, 0.1) is 22.8 Å². The summed E-state index contributed by atoms with van der Waals surface area (Å²) in [4.78, 5) is 19.0. The van der Waals surface area contributed by atoms with Gasteiger partial charge < -0.3 is 10.3 Å². The minimum atomic E-state index is -3.18. The van der Waals surface area contributed by atoms with Crippen LogP contribution >= 0.6 is 0 Å². The third-order valence-corrected chi connectivity index (χ3v) is 4.75. The van der Waals surface area contributed by atoms with Gasteiger partial charge in [-0.25, -0.2) is 17.8 Å². The summed E-state index contributed by atoms with van der Waals surface area (Å²) < 4.78 is 35.6. The molecule has 1 aromatic carbocycles. The lowest BCUT2D eigenvalue weighted by Gasteiger charge is -2.09. The van der Waals surface area contributed by atoms with E-state index in [1.165, 1.54) is 18.2 Å². The van der Waals surface area contributed by atoms with Crippen LogP contribution in [0.3, 0.4) is 0 Å². The van der Waals surface area contributed by atoms with Crippen LogP contribution in [0.25, 0.3) is 11.0 Å². The van der Waals surface area contributed by atoms with Gasteiger partial charge in [-0.3, -0.25) is 4.79 Å². The van der Waals surface area contributed by atoms with Crippen molar-refractivity contribution in [3.05, 3.63) is 41.3 Å². The maximum absolute atomic E-state index is 13.1. The van der Waals surface area contributed by atoms with Gasteiger partial charge in [-0.2, -0.15) is 0 Å². The van der Waals surface area contributed by atoms with Crippen LogP contribution in [0.1, 0.15) is 12.2 Å². The van der Waals surface area contributed by atoms with Crippen LogP contribution < -0.4 is 5.32 Å². The Labute approximate surface area is 126 Å². The molecule has 1 aromatic heterocycles. The fourth-order valence-electron chi connectivity index (χ4n) is 2.33. The highest BCUT2D eigenvalue weighted by atomic mass is 32.2. The second-order valence-corrected chi connectivity index (χ2v) is 7.11. The minimum absolute atomic E-state index is 0.0946. The van der Waals surface area contributed by atoms with E-state index >= 15 is 0 Å². The average molecular weight is 323 g/mol. The molecule has 0 aliphatic carbocycles.